The van der Waals surface area contributed by atoms with E-state index in [1.807, 2.05) is 13.8 Å². The Morgan fingerprint density at radius 3 is 3.11 bits per heavy atom. The van der Waals surface area contributed by atoms with Gasteiger partial charge in [-0.25, -0.2) is 4.98 Å². The number of halogens is 1. The summed E-state index contributed by atoms with van der Waals surface area (Å²) >= 11 is 6.22. The second-order valence-electron chi connectivity index (χ2n) is 4.56. The molecule has 2 heterocycles. The lowest BCUT2D eigenvalue weighted by Gasteiger charge is -2.33. The molecule has 1 atom stereocenters. The molecule has 0 saturated carbocycles. The van der Waals surface area contributed by atoms with Crippen molar-refractivity contribution in [1.82, 2.24) is 9.97 Å². The number of hydrogen-bond acceptors (Lipinski definition) is 5. The van der Waals surface area contributed by atoms with Crippen molar-refractivity contribution in [2.75, 3.05) is 36.5 Å². The van der Waals surface area contributed by atoms with Gasteiger partial charge in [0.15, 0.2) is 5.82 Å². The van der Waals surface area contributed by atoms with E-state index in [1.165, 1.54) is 0 Å². The summed E-state index contributed by atoms with van der Waals surface area (Å²) in [5, 5.41) is 3.71. The average molecular weight is 285 g/mol. The second kappa shape index (κ2) is 6.91. The molecule has 1 aromatic rings. The zero-order chi connectivity index (χ0) is 13.7. The lowest BCUT2D eigenvalue weighted by atomic mass is 10.1. The van der Waals surface area contributed by atoms with Crippen LogP contribution >= 0.6 is 11.6 Å². The number of rotatable bonds is 5. The van der Waals surface area contributed by atoms with Crippen LogP contribution < -0.4 is 10.2 Å². The molecule has 0 bridgehead atoms. The average Bonchev–Trinajstić information content (AvgIpc) is 2.42. The molecule has 6 heteroatoms. The van der Waals surface area contributed by atoms with Crippen LogP contribution in [-0.2, 0) is 4.74 Å². The van der Waals surface area contributed by atoms with E-state index in [2.05, 4.69) is 20.2 Å². The van der Waals surface area contributed by atoms with Crippen molar-refractivity contribution in [3.8, 4) is 0 Å². The van der Waals surface area contributed by atoms with Crippen LogP contribution in [-0.4, -0.2) is 42.3 Å². The van der Waals surface area contributed by atoms with Gasteiger partial charge in [-0.1, -0.05) is 11.6 Å². The third-order valence-corrected chi connectivity index (χ3v) is 3.41. The summed E-state index contributed by atoms with van der Waals surface area (Å²) in [4.78, 5) is 10.9. The first kappa shape index (κ1) is 14.3. The van der Waals surface area contributed by atoms with Gasteiger partial charge in [0.25, 0.3) is 0 Å². The Hall–Kier alpha value is -1.07. The first-order chi connectivity index (χ1) is 9.24. The number of aromatic nitrogens is 2. The van der Waals surface area contributed by atoms with Crippen LogP contribution in [0.4, 0.5) is 11.8 Å². The van der Waals surface area contributed by atoms with Gasteiger partial charge in [0.1, 0.15) is 5.02 Å². The van der Waals surface area contributed by atoms with Gasteiger partial charge in [-0.3, -0.25) is 0 Å². The molecule has 0 radical (unpaired) electrons. The molecule has 106 valence electrons. The van der Waals surface area contributed by atoms with Gasteiger partial charge < -0.3 is 15.0 Å². The summed E-state index contributed by atoms with van der Waals surface area (Å²) in [5.74, 6) is 1.43. The van der Waals surface area contributed by atoms with Crippen molar-refractivity contribution in [2.45, 2.75) is 32.8 Å². The van der Waals surface area contributed by atoms with Crippen molar-refractivity contribution >= 4 is 23.4 Å². The van der Waals surface area contributed by atoms with Gasteiger partial charge in [0, 0.05) is 26.2 Å². The van der Waals surface area contributed by atoms with E-state index in [4.69, 9.17) is 16.3 Å². The predicted molar refractivity (Wildman–Crippen MR) is 78.1 cm³/mol. The van der Waals surface area contributed by atoms with Crippen LogP contribution in [0.3, 0.4) is 0 Å². The van der Waals surface area contributed by atoms with E-state index >= 15 is 0 Å². The van der Waals surface area contributed by atoms with E-state index in [0.29, 0.717) is 11.0 Å². The molecule has 5 nitrogen and oxygen atoms in total. The van der Waals surface area contributed by atoms with Crippen molar-refractivity contribution in [2.24, 2.45) is 0 Å². The standard InChI is InChI=1S/C13H21ClN4O/c1-3-15-13-16-8-11(14)12(17-13)18-7-5-6-10(9-18)19-4-2/h8,10H,3-7,9H2,1-2H3,(H,15,16,17). The van der Waals surface area contributed by atoms with Crippen molar-refractivity contribution in [3.05, 3.63) is 11.2 Å². The molecule has 1 aliphatic rings. The number of nitrogens with one attached hydrogen (secondary N) is 1. The molecule has 1 aliphatic heterocycles. The largest absolute Gasteiger partial charge is 0.377 e. The summed E-state index contributed by atoms with van der Waals surface area (Å²) in [7, 11) is 0. The van der Waals surface area contributed by atoms with Crippen molar-refractivity contribution in [3.63, 3.8) is 0 Å². The summed E-state index contributed by atoms with van der Waals surface area (Å²) in [6.45, 7) is 7.40. The summed E-state index contributed by atoms with van der Waals surface area (Å²) in [5.41, 5.74) is 0. The smallest absolute Gasteiger partial charge is 0.224 e. The van der Waals surface area contributed by atoms with Crippen molar-refractivity contribution < 1.29 is 4.74 Å². The van der Waals surface area contributed by atoms with Crippen LogP contribution in [0.15, 0.2) is 6.20 Å². The van der Waals surface area contributed by atoms with Crippen LogP contribution in [0.5, 0.6) is 0 Å². The van der Waals surface area contributed by atoms with Crippen LogP contribution in [0.2, 0.25) is 5.02 Å². The number of anilines is 2. The highest BCUT2D eigenvalue weighted by Crippen LogP contribution is 2.27. The predicted octanol–water partition coefficient (Wildman–Crippen LogP) is 2.57. The monoisotopic (exact) mass is 284 g/mol. The molecule has 1 fully saturated rings. The number of piperidine rings is 1. The SMILES string of the molecule is CCNc1ncc(Cl)c(N2CCCC(OCC)C2)n1. The van der Waals surface area contributed by atoms with Gasteiger partial charge in [-0.05, 0) is 26.7 Å². The van der Waals surface area contributed by atoms with Gasteiger partial charge in [0.2, 0.25) is 5.95 Å². The molecular weight excluding hydrogens is 264 g/mol. The fraction of sp³-hybridized carbons (Fsp3) is 0.692. The Morgan fingerprint density at radius 1 is 1.53 bits per heavy atom. The molecule has 1 N–H and O–H groups in total. The minimum absolute atomic E-state index is 0.271. The van der Waals surface area contributed by atoms with Crippen LogP contribution in [0, 0.1) is 0 Å². The van der Waals surface area contributed by atoms with E-state index in [-0.39, 0.29) is 6.10 Å². The third-order valence-electron chi connectivity index (χ3n) is 3.14. The molecule has 0 aliphatic carbocycles. The normalized spacial score (nSPS) is 19.5. The molecule has 0 amide bonds. The first-order valence-electron chi connectivity index (χ1n) is 6.87. The molecular formula is C13H21ClN4O. The summed E-state index contributed by atoms with van der Waals surface area (Å²) < 4.78 is 5.71. The zero-order valence-corrected chi connectivity index (χ0v) is 12.3. The molecule has 1 saturated heterocycles. The Morgan fingerprint density at radius 2 is 2.37 bits per heavy atom. The topological polar surface area (TPSA) is 50.3 Å². The summed E-state index contributed by atoms with van der Waals surface area (Å²) in [6, 6.07) is 0. The third kappa shape index (κ3) is 3.70. The number of nitrogens with zero attached hydrogens (tertiary/aromatic N) is 3. The fourth-order valence-corrected chi connectivity index (χ4v) is 2.54. The van der Waals surface area contributed by atoms with Gasteiger partial charge in [0.05, 0.1) is 12.3 Å². The second-order valence-corrected chi connectivity index (χ2v) is 4.97. The lowest BCUT2D eigenvalue weighted by Crippen LogP contribution is -2.40. The molecule has 1 unspecified atom stereocenters. The minimum Gasteiger partial charge on any atom is -0.377 e. The van der Waals surface area contributed by atoms with Crippen LogP contribution in [0.1, 0.15) is 26.7 Å². The Labute approximate surface area is 119 Å². The summed E-state index contributed by atoms with van der Waals surface area (Å²) in [6.07, 6.45) is 4.13. The highest BCUT2D eigenvalue weighted by Gasteiger charge is 2.23. The van der Waals surface area contributed by atoms with E-state index < -0.39 is 0 Å². The van der Waals surface area contributed by atoms with E-state index in [9.17, 15) is 0 Å². The van der Waals surface area contributed by atoms with Crippen LogP contribution in [0.25, 0.3) is 0 Å². The van der Waals surface area contributed by atoms with E-state index in [1.54, 1.807) is 6.20 Å². The molecule has 1 aromatic heterocycles. The first-order valence-corrected chi connectivity index (χ1v) is 7.25. The molecule has 0 aromatic carbocycles. The maximum Gasteiger partial charge on any atom is 0.224 e. The molecule has 19 heavy (non-hydrogen) atoms. The Bertz CT molecular complexity index is 414. The maximum atomic E-state index is 6.22. The van der Waals surface area contributed by atoms with E-state index in [0.717, 1.165) is 44.9 Å². The lowest BCUT2D eigenvalue weighted by molar-refractivity contribution is 0.0525. The highest BCUT2D eigenvalue weighted by atomic mass is 35.5. The molecule has 2 rings (SSSR count). The van der Waals surface area contributed by atoms with Crippen molar-refractivity contribution in [1.29, 1.82) is 0 Å². The Kier molecular flexibility index (Phi) is 5.22. The number of hydrogen-bond donors (Lipinski definition) is 1. The maximum absolute atomic E-state index is 6.22. The minimum atomic E-state index is 0.271. The molecule has 0 spiro atoms. The van der Waals surface area contributed by atoms with Gasteiger partial charge >= 0.3 is 0 Å². The zero-order valence-electron chi connectivity index (χ0n) is 11.5. The Balaban J connectivity index is 2.13. The number of ether oxygens (including phenoxy) is 1. The van der Waals surface area contributed by atoms with Gasteiger partial charge in [-0.15, -0.1) is 0 Å². The fourth-order valence-electron chi connectivity index (χ4n) is 2.33. The quantitative estimate of drug-likeness (QED) is 0.900. The highest BCUT2D eigenvalue weighted by molar-refractivity contribution is 6.32. The van der Waals surface area contributed by atoms with Gasteiger partial charge in [-0.2, -0.15) is 4.98 Å².